The molecule has 29 heavy (non-hydrogen) atoms. The summed E-state index contributed by atoms with van der Waals surface area (Å²) in [4.78, 5) is 26.2. The highest BCUT2D eigenvalue weighted by Gasteiger charge is 2.53. The molecule has 0 amide bonds. The van der Waals surface area contributed by atoms with Crippen molar-refractivity contribution in [3.8, 4) is 0 Å². The third kappa shape index (κ3) is 4.05. The molecule has 2 saturated carbocycles. The van der Waals surface area contributed by atoms with Crippen LogP contribution >= 0.6 is 0 Å². The van der Waals surface area contributed by atoms with Crippen molar-refractivity contribution >= 4 is 11.8 Å². The maximum Gasteiger partial charge on any atom is 0.306 e. The predicted molar refractivity (Wildman–Crippen MR) is 109 cm³/mol. The van der Waals surface area contributed by atoms with Crippen LogP contribution in [0.15, 0.2) is 12.2 Å². The Labute approximate surface area is 173 Å². The summed E-state index contributed by atoms with van der Waals surface area (Å²) in [6.07, 6.45) is 8.95. The highest BCUT2D eigenvalue weighted by atomic mass is 16.5. The minimum absolute atomic E-state index is 0.0541. The third-order valence-corrected chi connectivity index (χ3v) is 8.37. The van der Waals surface area contributed by atoms with E-state index in [0.29, 0.717) is 24.2 Å². The molecule has 0 aromatic heterocycles. The molecular weight excluding hydrogens is 368 g/mol. The Hall–Kier alpha value is -1.20. The first-order valence-corrected chi connectivity index (χ1v) is 11.7. The van der Waals surface area contributed by atoms with E-state index >= 15 is 0 Å². The number of allylic oxidation sites excluding steroid dienone is 2. The van der Waals surface area contributed by atoms with Gasteiger partial charge in [-0.05, 0) is 74.5 Å². The Morgan fingerprint density at radius 3 is 2.59 bits per heavy atom. The fourth-order valence-corrected chi connectivity index (χ4v) is 6.73. The number of aliphatic hydroxyl groups excluding tert-OH is 2. The number of ether oxygens (including phenoxy) is 1. The van der Waals surface area contributed by atoms with Crippen LogP contribution in [-0.2, 0) is 14.3 Å². The molecule has 0 bridgehead atoms. The van der Waals surface area contributed by atoms with E-state index in [9.17, 15) is 19.8 Å². The Morgan fingerprint density at radius 2 is 1.83 bits per heavy atom. The molecule has 0 aromatic rings. The third-order valence-electron chi connectivity index (χ3n) is 8.37. The van der Waals surface area contributed by atoms with Crippen LogP contribution in [0.4, 0.5) is 0 Å². The van der Waals surface area contributed by atoms with Gasteiger partial charge in [0.15, 0.2) is 0 Å². The lowest BCUT2D eigenvalue weighted by Crippen LogP contribution is -2.35. The zero-order chi connectivity index (χ0) is 20.7. The van der Waals surface area contributed by atoms with Gasteiger partial charge in [0.05, 0.1) is 12.2 Å². The lowest BCUT2D eigenvalue weighted by molar-refractivity contribution is -0.152. The Kier molecular flexibility index (Phi) is 6.17. The van der Waals surface area contributed by atoms with Gasteiger partial charge >= 0.3 is 5.97 Å². The molecule has 1 aliphatic heterocycles. The smallest absolute Gasteiger partial charge is 0.306 e. The highest BCUT2D eigenvalue weighted by Crippen LogP contribution is 2.56. The molecule has 1 saturated heterocycles. The van der Waals surface area contributed by atoms with Crippen molar-refractivity contribution in [2.75, 3.05) is 0 Å². The molecule has 4 rings (SSSR count). The van der Waals surface area contributed by atoms with Gasteiger partial charge in [-0.2, -0.15) is 0 Å². The van der Waals surface area contributed by atoms with Crippen molar-refractivity contribution in [2.45, 2.75) is 83.5 Å². The monoisotopic (exact) mass is 404 g/mol. The van der Waals surface area contributed by atoms with E-state index in [4.69, 9.17) is 4.74 Å². The number of cyclic esters (lactones) is 1. The maximum absolute atomic E-state index is 13.4. The van der Waals surface area contributed by atoms with Gasteiger partial charge in [0.1, 0.15) is 11.9 Å². The average Bonchev–Trinajstić information content (AvgIpc) is 3.24. The summed E-state index contributed by atoms with van der Waals surface area (Å²) in [6, 6.07) is 0. The quantitative estimate of drug-likeness (QED) is 0.518. The number of esters is 1. The molecule has 2 N–H and O–H groups in total. The van der Waals surface area contributed by atoms with Gasteiger partial charge in [0.25, 0.3) is 0 Å². The number of hydrogen-bond acceptors (Lipinski definition) is 5. The van der Waals surface area contributed by atoms with Gasteiger partial charge in [-0.15, -0.1) is 0 Å². The molecule has 0 radical (unpaired) electrons. The van der Waals surface area contributed by atoms with Crippen LogP contribution in [0.5, 0.6) is 0 Å². The molecule has 10 atom stereocenters. The number of hydrogen-bond donors (Lipinski definition) is 2. The van der Waals surface area contributed by atoms with Gasteiger partial charge in [-0.25, -0.2) is 0 Å². The van der Waals surface area contributed by atoms with Crippen molar-refractivity contribution in [1.29, 1.82) is 0 Å². The topological polar surface area (TPSA) is 83.8 Å². The first kappa shape index (κ1) is 21.0. The SMILES string of the molecule is CC[C@H]1CCC[C@H](O)[C@@H](C)C(=O)[C@@H]2C[C@@H]3[C@@H](C=C[C@@H]4C[C@@H](O)C[C@@H]34)[C@@H]2CC(=O)O1. The molecule has 1 heterocycles. The van der Waals surface area contributed by atoms with Gasteiger partial charge in [0.2, 0.25) is 0 Å². The first-order chi connectivity index (χ1) is 13.9. The molecule has 3 fully saturated rings. The van der Waals surface area contributed by atoms with Crippen molar-refractivity contribution in [3.05, 3.63) is 12.2 Å². The van der Waals surface area contributed by atoms with Crippen molar-refractivity contribution in [3.63, 3.8) is 0 Å². The summed E-state index contributed by atoms with van der Waals surface area (Å²) in [5.41, 5.74) is 0. The summed E-state index contributed by atoms with van der Waals surface area (Å²) in [6.45, 7) is 3.88. The zero-order valence-corrected chi connectivity index (χ0v) is 17.7. The molecule has 3 aliphatic carbocycles. The number of Topliss-reactive ketones (excluding diaryl/α,β-unsaturated/α-hetero) is 1. The molecule has 0 unspecified atom stereocenters. The Morgan fingerprint density at radius 1 is 1.03 bits per heavy atom. The van der Waals surface area contributed by atoms with Crippen LogP contribution in [0.1, 0.15) is 65.2 Å². The number of ketones is 1. The number of rotatable bonds is 1. The zero-order valence-electron chi connectivity index (χ0n) is 17.7. The van der Waals surface area contributed by atoms with Crippen LogP contribution in [0.2, 0.25) is 0 Å². The van der Waals surface area contributed by atoms with Crippen LogP contribution in [0.3, 0.4) is 0 Å². The van der Waals surface area contributed by atoms with Gasteiger partial charge < -0.3 is 14.9 Å². The second-order valence-electron chi connectivity index (χ2n) is 10.00. The maximum atomic E-state index is 13.4. The number of carbonyl (C=O) groups is 2. The number of carbonyl (C=O) groups excluding carboxylic acids is 2. The first-order valence-electron chi connectivity index (χ1n) is 11.7. The van der Waals surface area contributed by atoms with E-state index in [-0.39, 0.29) is 48.1 Å². The highest BCUT2D eigenvalue weighted by molar-refractivity contribution is 5.85. The summed E-state index contributed by atoms with van der Waals surface area (Å²) >= 11 is 0. The predicted octanol–water partition coefficient (Wildman–Crippen LogP) is 3.27. The summed E-state index contributed by atoms with van der Waals surface area (Å²) in [5.74, 6) is 0.590. The van der Waals surface area contributed by atoms with Crippen molar-refractivity contribution in [2.24, 2.45) is 41.4 Å². The van der Waals surface area contributed by atoms with Crippen LogP contribution in [0, 0.1) is 41.4 Å². The molecular formula is C24H36O5. The van der Waals surface area contributed by atoms with E-state index < -0.39 is 12.0 Å². The van der Waals surface area contributed by atoms with E-state index in [2.05, 4.69) is 12.2 Å². The largest absolute Gasteiger partial charge is 0.462 e. The van der Waals surface area contributed by atoms with Gasteiger partial charge in [-0.3, -0.25) is 9.59 Å². The van der Waals surface area contributed by atoms with Crippen LogP contribution < -0.4 is 0 Å². The van der Waals surface area contributed by atoms with E-state index in [1.165, 1.54) is 0 Å². The second kappa shape index (κ2) is 8.50. The normalized spacial score (nSPS) is 48.1. The summed E-state index contributed by atoms with van der Waals surface area (Å²) in [5, 5.41) is 20.8. The molecule has 0 spiro atoms. The van der Waals surface area contributed by atoms with E-state index in [1.807, 2.05) is 13.8 Å². The van der Waals surface area contributed by atoms with Gasteiger partial charge in [0, 0.05) is 18.3 Å². The molecule has 162 valence electrons. The molecule has 0 aromatic carbocycles. The van der Waals surface area contributed by atoms with Crippen LogP contribution in [-0.4, -0.2) is 40.3 Å². The second-order valence-corrected chi connectivity index (χ2v) is 10.00. The standard InChI is InChI=1S/C24H36O5/c1-3-16-5-4-6-22(26)13(2)24(28)21-11-19-17(20(21)12-23(27)29-16)8-7-14-9-15(25)10-18(14)19/h7-8,13-22,25-26H,3-6,9-12H2,1-2H3/t13-,14-,15-,16+,17-,18-,19-,20+,21-,22+/m1/s1. The average molecular weight is 405 g/mol. The molecule has 4 aliphatic rings. The van der Waals surface area contributed by atoms with E-state index in [1.54, 1.807) is 0 Å². The van der Waals surface area contributed by atoms with Crippen molar-refractivity contribution < 1.29 is 24.5 Å². The summed E-state index contributed by atoms with van der Waals surface area (Å²) < 4.78 is 5.77. The van der Waals surface area contributed by atoms with E-state index in [0.717, 1.165) is 38.5 Å². The number of fused-ring (bicyclic) bond motifs is 5. The molecule has 5 heteroatoms. The Balaban J connectivity index is 1.62. The van der Waals surface area contributed by atoms with Crippen LogP contribution in [0.25, 0.3) is 0 Å². The minimum Gasteiger partial charge on any atom is -0.462 e. The Bertz CT molecular complexity index is 658. The summed E-state index contributed by atoms with van der Waals surface area (Å²) in [7, 11) is 0. The fraction of sp³-hybridized carbons (Fsp3) is 0.833. The number of aliphatic hydroxyl groups is 2. The molecule has 5 nitrogen and oxygen atoms in total. The van der Waals surface area contributed by atoms with Gasteiger partial charge in [-0.1, -0.05) is 26.0 Å². The lowest BCUT2D eigenvalue weighted by atomic mass is 9.71. The van der Waals surface area contributed by atoms with Crippen molar-refractivity contribution in [1.82, 2.24) is 0 Å². The minimum atomic E-state index is -0.630. The lowest BCUT2D eigenvalue weighted by Gasteiger charge is -2.34. The fourth-order valence-electron chi connectivity index (χ4n) is 6.73.